The van der Waals surface area contributed by atoms with Crippen LogP contribution in [0.4, 0.5) is 17.6 Å². The number of aromatic nitrogens is 2. The van der Waals surface area contributed by atoms with Gasteiger partial charge in [0, 0.05) is 0 Å². The Bertz CT molecular complexity index is 1110. The predicted molar refractivity (Wildman–Crippen MR) is 102 cm³/mol. The van der Waals surface area contributed by atoms with E-state index in [1.54, 1.807) is 23.5 Å². The van der Waals surface area contributed by atoms with Crippen molar-refractivity contribution in [2.24, 2.45) is 0 Å². The van der Waals surface area contributed by atoms with E-state index in [1.165, 1.54) is 37.3 Å². The summed E-state index contributed by atoms with van der Waals surface area (Å²) >= 11 is 0.767. The molecule has 1 N–H and O–H groups in total. The van der Waals surface area contributed by atoms with Gasteiger partial charge in [-0.05, 0) is 31.2 Å². The smallest absolute Gasteiger partial charge is 0.346 e. The molecule has 152 valence electrons. The Hall–Kier alpha value is -2.88. The van der Waals surface area contributed by atoms with Crippen LogP contribution in [0.2, 0.25) is 0 Å². The minimum atomic E-state index is -4.55. The van der Waals surface area contributed by atoms with Gasteiger partial charge in [0.1, 0.15) is 12.4 Å². The highest BCUT2D eigenvalue weighted by molar-refractivity contribution is 8.00. The van der Waals surface area contributed by atoms with E-state index < -0.39 is 35.3 Å². The third-order valence-electron chi connectivity index (χ3n) is 3.95. The molecule has 0 saturated heterocycles. The molecule has 29 heavy (non-hydrogen) atoms. The van der Waals surface area contributed by atoms with E-state index in [-0.39, 0.29) is 16.2 Å². The van der Waals surface area contributed by atoms with Gasteiger partial charge in [-0.15, -0.1) is 0 Å². The average Bonchev–Trinajstić information content (AvgIpc) is 2.67. The lowest BCUT2D eigenvalue weighted by atomic mass is 10.2. The number of benzene rings is 2. The molecule has 1 unspecified atom stereocenters. The Balaban J connectivity index is 2.05. The van der Waals surface area contributed by atoms with E-state index in [2.05, 4.69) is 4.98 Å². The highest BCUT2D eigenvalue weighted by Gasteiger charge is 2.29. The predicted octanol–water partition coefficient (Wildman–Crippen LogP) is 3.68. The van der Waals surface area contributed by atoms with E-state index in [9.17, 15) is 27.2 Å². The standard InChI is InChI=1S/C19H15F4N3O2S/c1-11(16(27)24-10-19(21,22)23)29-18-25-14-8-4-2-6-12(14)17(28)26(18)15-9-5-3-7-13(15)20/h2-9,11H,10H2,1H3,(H,24,27). The third kappa shape index (κ3) is 4.76. The van der Waals surface area contributed by atoms with Crippen molar-refractivity contribution in [3.63, 3.8) is 0 Å². The zero-order valence-corrected chi connectivity index (χ0v) is 15.9. The number of para-hydroxylation sites is 2. The SMILES string of the molecule is CC(Sc1nc2ccccc2c(=O)n1-c1ccccc1F)C(=O)NCC(F)(F)F. The summed E-state index contributed by atoms with van der Waals surface area (Å²) in [5, 5.41) is 1.02. The Morgan fingerprint density at radius 1 is 1.17 bits per heavy atom. The fourth-order valence-corrected chi connectivity index (χ4v) is 3.52. The van der Waals surface area contributed by atoms with E-state index >= 15 is 0 Å². The Kier molecular flexibility index (Phi) is 5.92. The van der Waals surface area contributed by atoms with Crippen molar-refractivity contribution in [3.05, 3.63) is 64.7 Å². The van der Waals surface area contributed by atoms with Crippen LogP contribution in [-0.2, 0) is 4.79 Å². The lowest BCUT2D eigenvalue weighted by Gasteiger charge is -2.17. The van der Waals surface area contributed by atoms with Gasteiger partial charge in [0.25, 0.3) is 5.56 Å². The topological polar surface area (TPSA) is 64.0 Å². The van der Waals surface area contributed by atoms with Gasteiger partial charge in [0.2, 0.25) is 5.91 Å². The minimum Gasteiger partial charge on any atom is -0.346 e. The maximum Gasteiger partial charge on any atom is 0.405 e. The number of carbonyl (C=O) groups is 1. The molecular weight excluding hydrogens is 410 g/mol. The van der Waals surface area contributed by atoms with Crippen molar-refractivity contribution >= 4 is 28.6 Å². The fraction of sp³-hybridized carbons (Fsp3) is 0.211. The average molecular weight is 425 g/mol. The van der Waals surface area contributed by atoms with Gasteiger partial charge >= 0.3 is 6.18 Å². The van der Waals surface area contributed by atoms with Gasteiger partial charge < -0.3 is 5.32 Å². The number of nitrogens with one attached hydrogen (secondary N) is 1. The van der Waals surface area contributed by atoms with E-state index in [1.807, 2.05) is 0 Å². The largest absolute Gasteiger partial charge is 0.405 e. The van der Waals surface area contributed by atoms with Crippen LogP contribution < -0.4 is 10.9 Å². The Morgan fingerprint density at radius 2 is 1.83 bits per heavy atom. The van der Waals surface area contributed by atoms with Crippen LogP contribution in [0.5, 0.6) is 0 Å². The summed E-state index contributed by atoms with van der Waals surface area (Å²) in [6, 6.07) is 12.0. The van der Waals surface area contributed by atoms with Crippen molar-refractivity contribution in [1.82, 2.24) is 14.9 Å². The number of fused-ring (bicyclic) bond motifs is 1. The first kappa shape index (κ1) is 20.8. The Morgan fingerprint density at radius 3 is 2.52 bits per heavy atom. The summed E-state index contributed by atoms with van der Waals surface area (Å²) in [5.41, 5.74) is -0.289. The molecule has 10 heteroatoms. The van der Waals surface area contributed by atoms with Gasteiger partial charge in [-0.3, -0.25) is 14.2 Å². The molecule has 3 aromatic rings. The van der Waals surface area contributed by atoms with E-state index in [4.69, 9.17) is 0 Å². The maximum absolute atomic E-state index is 14.4. The van der Waals surface area contributed by atoms with Gasteiger partial charge in [-0.25, -0.2) is 9.37 Å². The molecule has 5 nitrogen and oxygen atoms in total. The monoisotopic (exact) mass is 425 g/mol. The number of amides is 1. The molecule has 0 fully saturated rings. The van der Waals surface area contributed by atoms with E-state index in [0.717, 1.165) is 16.3 Å². The summed E-state index contributed by atoms with van der Waals surface area (Å²) in [6.07, 6.45) is -4.55. The summed E-state index contributed by atoms with van der Waals surface area (Å²) in [6.45, 7) is -0.0919. The van der Waals surface area contributed by atoms with Crippen molar-refractivity contribution in [3.8, 4) is 5.69 Å². The number of thioether (sulfide) groups is 1. The molecule has 2 aromatic carbocycles. The minimum absolute atomic E-state index is 0.00606. The summed E-state index contributed by atoms with van der Waals surface area (Å²) in [7, 11) is 0. The Labute approximate surface area is 166 Å². The van der Waals surface area contributed by atoms with Crippen LogP contribution >= 0.6 is 11.8 Å². The number of rotatable bonds is 5. The molecule has 0 aliphatic rings. The van der Waals surface area contributed by atoms with E-state index in [0.29, 0.717) is 5.52 Å². The van der Waals surface area contributed by atoms with Crippen LogP contribution in [0.3, 0.4) is 0 Å². The van der Waals surface area contributed by atoms with Crippen molar-refractivity contribution in [2.75, 3.05) is 6.54 Å². The summed E-state index contributed by atoms with van der Waals surface area (Å²) < 4.78 is 52.4. The zero-order chi connectivity index (χ0) is 21.2. The van der Waals surface area contributed by atoms with Crippen molar-refractivity contribution in [1.29, 1.82) is 0 Å². The maximum atomic E-state index is 14.4. The fourth-order valence-electron chi connectivity index (χ4n) is 2.58. The number of hydrogen-bond donors (Lipinski definition) is 1. The molecule has 0 spiro atoms. The van der Waals surface area contributed by atoms with Gasteiger partial charge in [-0.1, -0.05) is 36.0 Å². The van der Waals surface area contributed by atoms with Gasteiger partial charge in [-0.2, -0.15) is 13.2 Å². The lowest BCUT2D eigenvalue weighted by Crippen LogP contribution is -2.38. The lowest BCUT2D eigenvalue weighted by molar-refractivity contribution is -0.137. The molecular formula is C19H15F4N3O2S. The second-order valence-corrected chi connectivity index (χ2v) is 7.40. The molecule has 0 bridgehead atoms. The number of carbonyl (C=O) groups excluding carboxylic acids is 1. The normalized spacial score (nSPS) is 12.7. The molecule has 1 heterocycles. The molecule has 1 aromatic heterocycles. The molecule has 0 saturated carbocycles. The van der Waals surface area contributed by atoms with Crippen LogP contribution in [0, 0.1) is 5.82 Å². The third-order valence-corrected chi connectivity index (χ3v) is 5.01. The number of nitrogens with zero attached hydrogens (tertiary/aromatic N) is 2. The van der Waals surface area contributed by atoms with Crippen LogP contribution in [0.25, 0.3) is 16.6 Å². The molecule has 0 aliphatic carbocycles. The molecule has 3 rings (SSSR count). The first-order chi connectivity index (χ1) is 13.7. The number of hydrogen-bond acceptors (Lipinski definition) is 4. The quantitative estimate of drug-likeness (QED) is 0.385. The number of halogens is 4. The zero-order valence-electron chi connectivity index (χ0n) is 15.0. The summed E-state index contributed by atoms with van der Waals surface area (Å²) in [5.74, 6) is -1.56. The number of alkyl halides is 3. The highest BCUT2D eigenvalue weighted by atomic mass is 32.2. The van der Waals surface area contributed by atoms with Crippen molar-refractivity contribution in [2.45, 2.75) is 23.5 Å². The molecule has 0 radical (unpaired) electrons. The molecule has 1 atom stereocenters. The van der Waals surface area contributed by atoms with Crippen LogP contribution in [0.1, 0.15) is 6.92 Å². The van der Waals surface area contributed by atoms with Gasteiger partial charge in [0.05, 0.1) is 21.8 Å². The van der Waals surface area contributed by atoms with Crippen LogP contribution in [-0.4, -0.2) is 33.4 Å². The second-order valence-electron chi connectivity index (χ2n) is 6.10. The van der Waals surface area contributed by atoms with Gasteiger partial charge in [0.15, 0.2) is 5.16 Å². The summed E-state index contributed by atoms with van der Waals surface area (Å²) in [4.78, 5) is 29.4. The van der Waals surface area contributed by atoms with Crippen molar-refractivity contribution < 1.29 is 22.4 Å². The first-order valence-electron chi connectivity index (χ1n) is 8.45. The highest BCUT2D eigenvalue weighted by Crippen LogP contribution is 2.26. The second kappa shape index (κ2) is 8.24. The first-order valence-corrected chi connectivity index (χ1v) is 9.33. The molecule has 1 amide bonds. The van der Waals surface area contributed by atoms with Crippen LogP contribution in [0.15, 0.2) is 58.5 Å². The molecule has 0 aliphatic heterocycles.